The first-order valence-electron chi connectivity index (χ1n) is 12.7. The van der Waals surface area contributed by atoms with E-state index in [4.69, 9.17) is 0 Å². The van der Waals surface area contributed by atoms with Gasteiger partial charge in [-0.25, -0.2) is 0 Å². The third kappa shape index (κ3) is 19.1. The average Bonchev–Trinajstić information content (AvgIpc) is 2.73. The highest BCUT2D eigenvalue weighted by atomic mass is 16.3. The minimum absolute atomic E-state index is 0.120. The summed E-state index contributed by atoms with van der Waals surface area (Å²) >= 11 is 0. The average molecular weight is 414 g/mol. The van der Waals surface area contributed by atoms with Crippen LogP contribution in [0.1, 0.15) is 136 Å². The van der Waals surface area contributed by atoms with Gasteiger partial charge in [0, 0.05) is 6.42 Å². The number of aliphatic hydroxyl groups is 2. The molecule has 2 unspecified atom stereocenters. The predicted molar refractivity (Wildman–Crippen MR) is 124 cm³/mol. The Labute approximate surface area is 181 Å². The fourth-order valence-electron chi connectivity index (χ4n) is 3.85. The monoisotopic (exact) mass is 413 g/mol. The molecular formula is C25H51NO3. The van der Waals surface area contributed by atoms with E-state index >= 15 is 0 Å². The van der Waals surface area contributed by atoms with E-state index in [-0.39, 0.29) is 12.5 Å². The van der Waals surface area contributed by atoms with Crippen LogP contribution in [0.25, 0.3) is 0 Å². The Hall–Kier alpha value is -0.610. The molecule has 4 heteroatoms. The highest BCUT2D eigenvalue weighted by Gasteiger charge is 2.19. The van der Waals surface area contributed by atoms with E-state index in [1.165, 1.54) is 96.3 Å². The van der Waals surface area contributed by atoms with Crippen LogP contribution in [0.3, 0.4) is 0 Å². The zero-order valence-electron chi connectivity index (χ0n) is 19.6. The molecule has 4 nitrogen and oxygen atoms in total. The largest absolute Gasteiger partial charge is 0.394 e. The molecule has 0 heterocycles. The molecule has 0 radical (unpaired) electrons. The van der Waals surface area contributed by atoms with E-state index < -0.39 is 12.1 Å². The minimum Gasteiger partial charge on any atom is -0.394 e. The van der Waals surface area contributed by atoms with Gasteiger partial charge < -0.3 is 15.5 Å². The maximum atomic E-state index is 11.4. The third-order valence-electron chi connectivity index (χ3n) is 5.93. The molecule has 29 heavy (non-hydrogen) atoms. The maximum absolute atomic E-state index is 11.4. The molecule has 0 rings (SSSR count). The fraction of sp³-hybridized carbons (Fsp3) is 0.960. The molecule has 3 N–H and O–H groups in total. The number of hydrogen-bond acceptors (Lipinski definition) is 3. The van der Waals surface area contributed by atoms with Gasteiger partial charge in [0.2, 0.25) is 5.91 Å². The number of amides is 1. The standard InChI is InChI=1S/C25H51NO3/c1-3-5-6-7-8-9-10-11-12-13-14-15-16-17-18-19-20-21-24(28)23(22-27)26-25(29)4-2/h23-24,27-28H,3-22H2,1-2H3,(H,26,29). The number of rotatable bonds is 22. The Morgan fingerprint density at radius 2 is 1.07 bits per heavy atom. The smallest absolute Gasteiger partial charge is 0.220 e. The Bertz CT molecular complexity index is 349. The molecule has 1 amide bonds. The lowest BCUT2D eigenvalue weighted by atomic mass is 10.0. The number of carbonyl (C=O) groups excluding carboxylic acids is 1. The molecule has 174 valence electrons. The number of carbonyl (C=O) groups is 1. The van der Waals surface area contributed by atoms with E-state index in [0.29, 0.717) is 12.8 Å². The third-order valence-corrected chi connectivity index (χ3v) is 5.93. The molecule has 0 aliphatic carbocycles. The molecule has 0 aromatic heterocycles. The summed E-state index contributed by atoms with van der Waals surface area (Å²) in [6, 6.07) is -0.525. The van der Waals surface area contributed by atoms with Gasteiger partial charge in [-0.1, -0.05) is 123 Å². The van der Waals surface area contributed by atoms with Crippen molar-refractivity contribution in [2.45, 2.75) is 148 Å². The summed E-state index contributed by atoms with van der Waals surface area (Å²) in [5, 5.41) is 22.1. The second-order valence-electron chi connectivity index (χ2n) is 8.72. The van der Waals surface area contributed by atoms with Crippen LogP contribution < -0.4 is 5.32 Å². The molecule has 0 aliphatic heterocycles. The van der Waals surface area contributed by atoms with Crippen LogP contribution in [-0.4, -0.2) is 34.9 Å². The first kappa shape index (κ1) is 28.4. The highest BCUT2D eigenvalue weighted by Crippen LogP contribution is 2.15. The van der Waals surface area contributed by atoms with Crippen molar-refractivity contribution in [2.24, 2.45) is 0 Å². The molecule has 0 aromatic carbocycles. The van der Waals surface area contributed by atoms with Gasteiger partial charge in [-0.3, -0.25) is 4.79 Å². The Kier molecular flexibility index (Phi) is 21.6. The zero-order chi connectivity index (χ0) is 21.6. The minimum atomic E-state index is -0.646. The zero-order valence-corrected chi connectivity index (χ0v) is 19.6. The fourth-order valence-corrected chi connectivity index (χ4v) is 3.85. The van der Waals surface area contributed by atoms with Gasteiger partial charge >= 0.3 is 0 Å². The number of aliphatic hydroxyl groups excluding tert-OH is 2. The summed E-state index contributed by atoms with van der Waals surface area (Å²) in [5.41, 5.74) is 0. The second kappa shape index (κ2) is 22.1. The predicted octanol–water partition coefficient (Wildman–Crippen LogP) is 6.28. The lowest BCUT2D eigenvalue weighted by Crippen LogP contribution is -2.45. The molecule has 0 bridgehead atoms. The van der Waals surface area contributed by atoms with Crippen molar-refractivity contribution in [3.63, 3.8) is 0 Å². The summed E-state index contributed by atoms with van der Waals surface area (Å²) < 4.78 is 0. The van der Waals surface area contributed by atoms with E-state index in [1.54, 1.807) is 6.92 Å². The first-order valence-corrected chi connectivity index (χ1v) is 12.7. The summed E-state index contributed by atoms with van der Waals surface area (Å²) in [7, 11) is 0. The maximum Gasteiger partial charge on any atom is 0.220 e. The van der Waals surface area contributed by atoms with E-state index in [1.807, 2.05) is 0 Å². The van der Waals surface area contributed by atoms with E-state index in [2.05, 4.69) is 12.2 Å². The van der Waals surface area contributed by atoms with Crippen LogP contribution in [0.5, 0.6) is 0 Å². The summed E-state index contributed by atoms with van der Waals surface area (Å²) in [4.78, 5) is 11.4. The van der Waals surface area contributed by atoms with Crippen LogP contribution in [0, 0.1) is 0 Å². The molecule has 0 saturated heterocycles. The van der Waals surface area contributed by atoms with Gasteiger partial charge in [0.15, 0.2) is 0 Å². The van der Waals surface area contributed by atoms with Crippen molar-refractivity contribution in [1.82, 2.24) is 5.32 Å². The second-order valence-corrected chi connectivity index (χ2v) is 8.72. The van der Waals surface area contributed by atoms with Gasteiger partial charge in [-0.15, -0.1) is 0 Å². The molecule has 0 aromatic rings. The van der Waals surface area contributed by atoms with E-state index in [0.717, 1.165) is 12.8 Å². The highest BCUT2D eigenvalue weighted by molar-refractivity contribution is 5.75. The van der Waals surface area contributed by atoms with Crippen LogP contribution in [-0.2, 0) is 4.79 Å². The van der Waals surface area contributed by atoms with Crippen LogP contribution in [0.4, 0.5) is 0 Å². The molecule has 0 aliphatic rings. The lowest BCUT2D eigenvalue weighted by Gasteiger charge is -2.22. The molecule has 2 atom stereocenters. The van der Waals surface area contributed by atoms with Crippen molar-refractivity contribution in [3.05, 3.63) is 0 Å². The van der Waals surface area contributed by atoms with Gasteiger partial charge in [0.25, 0.3) is 0 Å². The normalized spacial score (nSPS) is 13.4. The number of unbranched alkanes of at least 4 members (excludes halogenated alkanes) is 16. The number of nitrogens with one attached hydrogen (secondary N) is 1. The first-order chi connectivity index (χ1) is 14.2. The Morgan fingerprint density at radius 3 is 1.41 bits per heavy atom. The quantitative estimate of drug-likeness (QED) is 0.183. The van der Waals surface area contributed by atoms with Crippen molar-refractivity contribution in [2.75, 3.05) is 6.61 Å². The molecule has 0 fully saturated rings. The van der Waals surface area contributed by atoms with Crippen molar-refractivity contribution in [1.29, 1.82) is 0 Å². The van der Waals surface area contributed by atoms with Gasteiger partial charge in [-0.2, -0.15) is 0 Å². The molecule has 0 saturated carbocycles. The SMILES string of the molecule is CCCCCCCCCCCCCCCCCCCC(O)C(CO)NC(=O)CC. The lowest BCUT2D eigenvalue weighted by molar-refractivity contribution is -0.122. The Balaban J connectivity index is 3.31. The topological polar surface area (TPSA) is 69.6 Å². The van der Waals surface area contributed by atoms with Gasteiger partial charge in [0.1, 0.15) is 0 Å². The van der Waals surface area contributed by atoms with Crippen molar-refractivity contribution < 1.29 is 15.0 Å². The Morgan fingerprint density at radius 1 is 0.690 bits per heavy atom. The summed E-state index contributed by atoms with van der Waals surface area (Å²) in [6.07, 6.45) is 23.2. The molecular weight excluding hydrogens is 362 g/mol. The van der Waals surface area contributed by atoms with Gasteiger partial charge in [-0.05, 0) is 6.42 Å². The summed E-state index contributed by atoms with van der Waals surface area (Å²) in [5.74, 6) is -0.120. The van der Waals surface area contributed by atoms with Crippen LogP contribution >= 0.6 is 0 Å². The van der Waals surface area contributed by atoms with Gasteiger partial charge in [0.05, 0.1) is 18.8 Å². The number of hydrogen-bond donors (Lipinski definition) is 3. The van der Waals surface area contributed by atoms with Crippen molar-refractivity contribution >= 4 is 5.91 Å². The summed E-state index contributed by atoms with van der Waals surface area (Å²) in [6.45, 7) is 3.84. The van der Waals surface area contributed by atoms with Crippen molar-refractivity contribution in [3.8, 4) is 0 Å². The molecule has 0 spiro atoms. The van der Waals surface area contributed by atoms with E-state index in [9.17, 15) is 15.0 Å². The van der Waals surface area contributed by atoms with Crippen LogP contribution in [0.15, 0.2) is 0 Å². The van der Waals surface area contributed by atoms with Crippen LogP contribution in [0.2, 0.25) is 0 Å².